The molecule has 1 nitrogen and oxygen atoms in total. The quantitative estimate of drug-likeness (QED) is 0.831. The van der Waals surface area contributed by atoms with Crippen LogP contribution in [0.15, 0.2) is 30.3 Å². The molecule has 1 aromatic carbocycles. The second-order valence-electron chi connectivity index (χ2n) is 6.00. The van der Waals surface area contributed by atoms with E-state index in [2.05, 4.69) is 63.3 Å². The Labute approximate surface area is 106 Å². The van der Waals surface area contributed by atoms with Crippen LogP contribution in [0.2, 0.25) is 0 Å². The molecule has 1 N–H and O–H groups in total. The summed E-state index contributed by atoms with van der Waals surface area (Å²) in [7, 11) is 0. The molecule has 0 spiro atoms. The van der Waals surface area contributed by atoms with Gasteiger partial charge in [-0.1, -0.05) is 58.0 Å². The van der Waals surface area contributed by atoms with Crippen LogP contribution in [0.25, 0.3) is 0 Å². The fourth-order valence-electron chi connectivity index (χ4n) is 3.76. The molecule has 0 radical (unpaired) electrons. The maximum absolute atomic E-state index is 3.71. The van der Waals surface area contributed by atoms with Crippen molar-refractivity contribution in [2.45, 2.75) is 46.1 Å². The lowest BCUT2D eigenvalue weighted by Crippen LogP contribution is -2.61. The smallest absolute Gasteiger partial charge is 0.0156 e. The summed E-state index contributed by atoms with van der Waals surface area (Å²) in [5.74, 6) is 1.43. The van der Waals surface area contributed by atoms with Gasteiger partial charge in [-0.3, -0.25) is 0 Å². The fraction of sp³-hybridized carbons (Fsp3) is 0.625. The van der Waals surface area contributed by atoms with Gasteiger partial charge in [-0.05, 0) is 35.8 Å². The van der Waals surface area contributed by atoms with Crippen molar-refractivity contribution in [1.29, 1.82) is 0 Å². The van der Waals surface area contributed by atoms with E-state index >= 15 is 0 Å². The molecule has 0 bridgehead atoms. The zero-order valence-corrected chi connectivity index (χ0v) is 11.5. The summed E-state index contributed by atoms with van der Waals surface area (Å²) in [5.41, 5.74) is 1.87. The van der Waals surface area contributed by atoms with E-state index in [1.54, 1.807) is 0 Å². The second kappa shape index (κ2) is 4.81. The van der Waals surface area contributed by atoms with Crippen LogP contribution in [0, 0.1) is 11.3 Å². The summed E-state index contributed by atoms with van der Waals surface area (Å²) >= 11 is 0. The number of rotatable bonds is 4. The van der Waals surface area contributed by atoms with Gasteiger partial charge >= 0.3 is 0 Å². The molecule has 1 heteroatoms. The van der Waals surface area contributed by atoms with E-state index in [0.29, 0.717) is 17.4 Å². The van der Waals surface area contributed by atoms with E-state index in [0.717, 1.165) is 12.5 Å². The van der Waals surface area contributed by atoms with Gasteiger partial charge in [-0.2, -0.15) is 0 Å². The molecule has 17 heavy (non-hydrogen) atoms. The van der Waals surface area contributed by atoms with Crippen LogP contribution in [0.1, 0.15) is 45.6 Å². The maximum atomic E-state index is 3.71. The standard InChI is InChI=1S/C16H25N/c1-5-11-17-15-12(2)14(16(15,3)4)13-9-7-6-8-10-13/h6-10,12,14-15,17H,5,11H2,1-4H3. The molecule has 0 amide bonds. The number of benzene rings is 1. The third kappa shape index (κ3) is 2.13. The molecular weight excluding hydrogens is 206 g/mol. The van der Waals surface area contributed by atoms with Crippen molar-refractivity contribution in [1.82, 2.24) is 5.32 Å². The average Bonchev–Trinajstić information content (AvgIpc) is 2.30. The van der Waals surface area contributed by atoms with Gasteiger partial charge < -0.3 is 5.32 Å². The summed E-state index contributed by atoms with van der Waals surface area (Å²) in [4.78, 5) is 0. The van der Waals surface area contributed by atoms with Crippen molar-refractivity contribution in [3.05, 3.63) is 35.9 Å². The summed E-state index contributed by atoms with van der Waals surface area (Å²) in [6.45, 7) is 10.6. The highest BCUT2D eigenvalue weighted by atomic mass is 15.0. The van der Waals surface area contributed by atoms with Crippen molar-refractivity contribution in [2.24, 2.45) is 11.3 Å². The molecule has 2 rings (SSSR count). The lowest BCUT2D eigenvalue weighted by Gasteiger charge is -2.58. The Morgan fingerprint density at radius 2 is 1.82 bits per heavy atom. The third-order valence-electron chi connectivity index (χ3n) is 4.43. The first-order valence-electron chi connectivity index (χ1n) is 6.87. The van der Waals surface area contributed by atoms with Crippen molar-refractivity contribution >= 4 is 0 Å². The molecular formula is C16H25N. The molecule has 1 aromatic rings. The molecule has 0 saturated heterocycles. The normalized spacial score (nSPS) is 30.9. The number of hydrogen-bond acceptors (Lipinski definition) is 1. The van der Waals surface area contributed by atoms with Crippen molar-refractivity contribution in [3.63, 3.8) is 0 Å². The molecule has 1 aliphatic rings. The molecule has 0 heterocycles. The Hall–Kier alpha value is -0.820. The summed E-state index contributed by atoms with van der Waals surface area (Å²) in [6, 6.07) is 11.6. The Bertz CT molecular complexity index is 355. The lowest BCUT2D eigenvalue weighted by atomic mass is 9.50. The first kappa shape index (κ1) is 12.6. The van der Waals surface area contributed by atoms with Gasteiger partial charge in [-0.25, -0.2) is 0 Å². The van der Waals surface area contributed by atoms with Gasteiger partial charge in [0.25, 0.3) is 0 Å². The van der Waals surface area contributed by atoms with Gasteiger partial charge in [0.1, 0.15) is 0 Å². The highest BCUT2D eigenvalue weighted by Crippen LogP contribution is 2.56. The van der Waals surface area contributed by atoms with Crippen molar-refractivity contribution < 1.29 is 0 Å². The molecule has 1 aliphatic carbocycles. The largest absolute Gasteiger partial charge is 0.313 e. The predicted octanol–water partition coefficient (Wildman–Crippen LogP) is 3.81. The first-order valence-corrected chi connectivity index (χ1v) is 6.87. The van der Waals surface area contributed by atoms with Crippen LogP contribution < -0.4 is 5.32 Å². The minimum Gasteiger partial charge on any atom is -0.313 e. The Morgan fingerprint density at radius 1 is 1.18 bits per heavy atom. The summed E-state index contributed by atoms with van der Waals surface area (Å²) in [5, 5.41) is 3.71. The monoisotopic (exact) mass is 231 g/mol. The van der Waals surface area contributed by atoms with Gasteiger partial charge in [0.15, 0.2) is 0 Å². The van der Waals surface area contributed by atoms with Crippen LogP contribution in [-0.2, 0) is 0 Å². The van der Waals surface area contributed by atoms with Crippen molar-refractivity contribution in [2.75, 3.05) is 6.54 Å². The number of nitrogens with one attached hydrogen (secondary N) is 1. The Kier molecular flexibility index (Phi) is 3.58. The van der Waals surface area contributed by atoms with Gasteiger partial charge in [0, 0.05) is 6.04 Å². The van der Waals surface area contributed by atoms with E-state index in [1.165, 1.54) is 12.0 Å². The molecule has 0 aromatic heterocycles. The van der Waals surface area contributed by atoms with Crippen LogP contribution in [-0.4, -0.2) is 12.6 Å². The van der Waals surface area contributed by atoms with E-state index in [1.807, 2.05) is 0 Å². The molecule has 1 saturated carbocycles. The van der Waals surface area contributed by atoms with Gasteiger partial charge in [-0.15, -0.1) is 0 Å². The summed E-state index contributed by atoms with van der Waals surface area (Å²) in [6.07, 6.45) is 1.22. The highest BCUT2D eigenvalue weighted by Gasteiger charge is 2.53. The van der Waals surface area contributed by atoms with Crippen LogP contribution in [0.5, 0.6) is 0 Å². The minimum absolute atomic E-state index is 0.371. The van der Waals surface area contributed by atoms with E-state index in [4.69, 9.17) is 0 Å². The highest BCUT2D eigenvalue weighted by molar-refractivity contribution is 5.29. The van der Waals surface area contributed by atoms with Crippen LogP contribution in [0.3, 0.4) is 0 Å². The zero-order valence-electron chi connectivity index (χ0n) is 11.5. The Morgan fingerprint density at radius 3 is 2.35 bits per heavy atom. The SMILES string of the molecule is CCCNC1C(C)C(c2ccccc2)C1(C)C. The van der Waals surface area contributed by atoms with Crippen LogP contribution in [0.4, 0.5) is 0 Å². The topological polar surface area (TPSA) is 12.0 Å². The van der Waals surface area contributed by atoms with Crippen molar-refractivity contribution in [3.8, 4) is 0 Å². The van der Waals surface area contributed by atoms with E-state index in [-0.39, 0.29) is 0 Å². The van der Waals surface area contributed by atoms with Crippen LogP contribution >= 0.6 is 0 Å². The molecule has 3 unspecified atom stereocenters. The first-order chi connectivity index (χ1) is 8.09. The van der Waals surface area contributed by atoms with Gasteiger partial charge in [0.05, 0.1) is 0 Å². The summed E-state index contributed by atoms with van der Waals surface area (Å²) < 4.78 is 0. The molecule has 94 valence electrons. The molecule has 1 fully saturated rings. The predicted molar refractivity (Wildman–Crippen MR) is 74.2 cm³/mol. The minimum atomic E-state index is 0.371. The molecule has 3 atom stereocenters. The maximum Gasteiger partial charge on any atom is 0.0156 e. The average molecular weight is 231 g/mol. The number of hydrogen-bond donors (Lipinski definition) is 1. The fourth-order valence-corrected chi connectivity index (χ4v) is 3.76. The van der Waals surface area contributed by atoms with E-state index < -0.39 is 0 Å². The second-order valence-corrected chi connectivity index (χ2v) is 6.00. The molecule has 0 aliphatic heterocycles. The van der Waals surface area contributed by atoms with E-state index in [9.17, 15) is 0 Å². The Balaban J connectivity index is 2.12. The zero-order chi connectivity index (χ0) is 12.5. The lowest BCUT2D eigenvalue weighted by molar-refractivity contribution is 0.000585. The van der Waals surface area contributed by atoms with Gasteiger partial charge in [0.2, 0.25) is 0 Å². The third-order valence-corrected chi connectivity index (χ3v) is 4.43.